The SMILES string of the molecule is CCC(F)(F)c1cccc(NC(=O)c2nc(-c3ccc(OC)c(-c4ccccc4C)c3C)n(COC(C)=O)c2C)c1. The number of benzene rings is 3. The van der Waals surface area contributed by atoms with Crippen LogP contribution in [0.4, 0.5) is 14.5 Å². The van der Waals surface area contributed by atoms with E-state index in [0.29, 0.717) is 22.8 Å². The molecule has 0 aliphatic carbocycles. The number of anilines is 1. The summed E-state index contributed by atoms with van der Waals surface area (Å²) in [6, 6.07) is 17.2. The van der Waals surface area contributed by atoms with Crippen molar-refractivity contribution in [2.75, 3.05) is 12.4 Å². The molecule has 1 aromatic heterocycles. The van der Waals surface area contributed by atoms with Gasteiger partial charge in [-0.3, -0.25) is 14.2 Å². The molecule has 0 radical (unpaired) electrons. The highest BCUT2D eigenvalue weighted by molar-refractivity contribution is 6.04. The fourth-order valence-electron chi connectivity index (χ4n) is 4.77. The Morgan fingerprint density at radius 2 is 1.73 bits per heavy atom. The van der Waals surface area contributed by atoms with Crippen LogP contribution in [0.5, 0.6) is 5.75 Å². The molecule has 0 unspecified atom stereocenters. The first kappa shape index (κ1) is 29.5. The minimum atomic E-state index is -3.02. The topological polar surface area (TPSA) is 82.4 Å². The van der Waals surface area contributed by atoms with Gasteiger partial charge >= 0.3 is 5.97 Å². The van der Waals surface area contributed by atoms with Crippen molar-refractivity contribution in [3.8, 4) is 28.3 Å². The van der Waals surface area contributed by atoms with Crippen LogP contribution in [-0.2, 0) is 22.2 Å². The Morgan fingerprint density at radius 3 is 2.39 bits per heavy atom. The summed E-state index contributed by atoms with van der Waals surface area (Å²) in [5, 5.41) is 2.69. The van der Waals surface area contributed by atoms with Gasteiger partial charge in [-0.1, -0.05) is 43.3 Å². The lowest BCUT2D eigenvalue weighted by Gasteiger charge is -2.18. The van der Waals surface area contributed by atoms with Gasteiger partial charge in [0.05, 0.1) is 12.8 Å². The smallest absolute Gasteiger partial charge is 0.304 e. The number of nitrogens with one attached hydrogen (secondary N) is 1. The molecule has 41 heavy (non-hydrogen) atoms. The number of aromatic nitrogens is 2. The van der Waals surface area contributed by atoms with Crippen LogP contribution in [0.25, 0.3) is 22.5 Å². The minimum absolute atomic E-state index is 0.0764. The fraction of sp³-hybridized carbons (Fsp3) is 0.281. The Kier molecular flexibility index (Phi) is 8.56. The summed E-state index contributed by atoms with van der Waals surface area (Å²) in [6.07, 6.45) is -0.362. The van der Waals surface area contributed by atoms with Crippen LogP contribution in [0.3, 0.4) is 0 Å². The number of amides is 1. The number of carbonyl (C=O) groups excluding carboxylic acids is 2. The zero-order chi connectivity index (χ0) is 29.9. The monoisotopic (exact) mass is 561 g/mol. The Labute approximate surface area is 238 Å². The van der Waals surface area contributed by atoms with Crippen molar-refractivity contribution in [3.05, 3.63) is 88.7 Å². The van der Waals surface area contributed by atoms with Crippen molar-refractivity contribution >= 4 is 17.6 Å². The first-order chi connectivity index (χ1) is 19.5. The number of ether oxygens (including phenoxy) is 2. The average Bonchev–Trinajstić information content (AvgIpc) is 3.28. The Hall–Kier alpha value is -4.53. The normalized spacial score (nSPS) is 11.3. The van der Waals surface area contributed by atoms with Gasteiger partial charge in [0.25, 0.3) is 11.8 Å². The largest absolute Gasteiger partial charge is 0.496 e. The summed E-state index contributed by atoms with van der Waals surface area (Å²) in [7, 11) is 1.61. The quantitative estimate of drug-likeness (QED) is 0.215. The molecule has 0 aliphatic heterocycles. The van der Waals surface area contributed by atoms with Crippen molar-refractivity contribution in [1.82, 2.24) is 9.55 Å². The molecular weight excluding hydrogens is 528 g/mol. The third kappa shape index (κ3) is 5.99. The number of aryl methyl sites for hydroxylation is 1. The molecule has 214 valence electrons. The number of hydrogen-bond acceptors (Lipinski definition) is 5. The molecule has 3 aromatic carbocycles. The van der Waals surface area contributed by atoms with Crippen molar-refractivity contribution < 1.29 is 27.8 Å². The summed E-state index contributed by atoms with van der Waals surface area (Å²) in [6.45, 7) is 8.18. The number of esters is 1. The van der Waals surface area contributed by atoms with Gasteiger partial charge < -0.3 is 14.8 Å². The first-order valence-electron chi connectivity index (χ1n) is 13.2. The van der Waals surface area contributed by atoms with E-state index in [-0.39, 0.29) is 30.1 Å². The van der Waals surface area contributed by atoms with Crippen LogP contribution in [0.15, 0.2) is 60.7 Å². The zero-order valence-corrected chi connectivity index (χ0v) is 24.0. The second-order valence-corrected chi connectivity index (χ2v) is 9.79. The highest BCUT2D eigenvalue weighted by Crippen LogP contribution is 2.40. The average molecular weight is 562 g/mol. The van der Waals surface area contributed by atoms with Crippen LogP contribution in [0, 0.1) is 20.8 Å². The predicted octanol–water partition coefficient (Wildman–Crippen LogP) is 7.43. The summed E-state index contributed by atoms with van der Waals surface area (Å²) in [5.41, 5.74) is 5.04. The Morgan fingerprint density at radius 1 is 1.00 bits per heavy atom. The van der Waals surface area contributed by atoms with Crippen LogP contribution in [-0.4, -0.2) is 28.5 Å². The molecule has 0 spiro atoms. The van der Waals surface area contributed by atoms with E-state index in [9.17, 15) is 18.4 Å². The fourth-order valence-corrected chi connectivity index (χ4v) is 4.77. The maximum atomic E-state index is 14.3. The van der Waals surface area contributed by atoms with Gasteiger partial charge in [-0.2, -0.15) is 0 Å². The van der Waals surface area contributed by atoms with Gasteiger partial charge in [-0.25, -0.2) is 13.8 Å². The molecule has 0 saturated heterocycles. The number of nitrogens with zero attached hydrogens (tertiary/aromatic N) is 2. The van der Waals surface area contributed by atoms with Gasteiger partial charge in [-0.15, -0.1) is 0 Å². The first-order valence-corrected chi connectivity index (χ1v) is 13.2. The Bertz CT molecular complexity index is 1610. The zero-order valence-electron chi connectivity index (χ0n) is 24.0. The molecule has 0 saturated carbocycles. The molecule has 9 heteroatoms. The number of rotatable bonds is 9. The predicted molar refractivity (Wildman–Crippen MR) is 154 cm³/mol. The third-order valence-corrected chi connectivity index (χ3v) is 7.12. The molecule has 4 aromatic rings. The maximum absolute atomic E-state index is 14.3. The molecule has 1 N–H and O–H groups in total. The number of alkyl halides is 2. The molecule has 0 aliphatic rings. The molecule has 0 bridgehead atoms. The van der Waals surface area contributed by atoms with Crippen LogP contribution in [0.1, 0.15) is 53.1 Å². The van der Waals surface area contributed by atoms with E-state index in [1.165, 1.54) is 32.0 Å². The van der Waals surface area contributed by atoms with E-state index >= 15 is 0 Å². The highest BCUT2D eigenvalue weighted by atomic mass is 19.3. The van der Waals surface area contributed by atoms with Crippen LogP contribution < -0.4 is 10.1 Å². The molecule has 1 amide bonds. The van der Waals surface area contributed by atoms with Crippen LogP contribution in [0.2, 0.25) is 0 Å². The van der Waals surface area contributed by atoms with E-state index in [1.54, 1.807) is 24.7 Å². The van der Waals surface area contributed by atoms with Gasteiger partial charge in [0.1, 0.15) is 17.3 Å². The molecule has 4 rings (SSSR count). The standard InChI is InChI=1S/C32H33F2N3O4/c1-7-32(33,34)23-12-10-13-24(17-23)35-31(39)29-21(4)37(18-41-22(5)38)30(36-29)26-15-16-27(40-6)28(20(26)3)25-14-9-8-11-19(25)2/h8-17H,7,18H2,1-6H3,(H,35,39). The molecule has 7 nitrogen and oxygen atoms in total. The number of hydrogen-bond donors (Lipinski definition) is 1. The Balaban J connectivity index is 1.82. The van der Waals surface area contributed by atoms with Gasteiger partial charge in [0.15, 0.2) is 6.73 Å². The number of carbonyl (C=O) groups is 2. The van der Waals surface area contributed by atoms with E-state index in [0.717, 1.165) is 22.3 Å². The van der Waals surface area contributed by atoms with E-state index < -0.39 is 17.8 Å². The highest BCUT2D eigenvalue weighted by Gasteiger charge is 2.29. The summed E-state index contributed by atoms with van der Waals surface area (Å²) in [4.78, 5) is 29.8. The van der Waals surface area contributed by atoms with Crippen molar-refractivity contribution in [1.29, 1.82) is 0 Å². The lowest BCUT2D eigenvalue weighted by Crippen LogP contribution is -2.16. The second-order valence-electron chi connectivity index (χ2n) is 9.79. The lowest BCUT2D eigenvalue weighted by atomic mass is 9.92. The van der Waals surface area contributed by atoms with Crippen LogP contribution >= 0.6 is 0 Å². The van der Waals surface area contributed by atoms with Gasteiger partial charge in [0.2, 0.25) is 0 Å². The maximum Gasteiger partial charge on any atom is 0.304 e. The van der Waals surface area contributed by atoms with Crippen molar-refractivity contribution in [2.24, 2.45) is 0 Å². The molecule has 1 heterocycles. The molecule has 0 atom stereocenters. The van der Waals surface area contributed by atoms with E-state index in [4.69, 9.17) is 9.47 Å². The summed E-state index contributed by atoms with van der Waals surface area (Å²) in [5.74, 6) is -2.99. The third-order valence-electron chi connectivity index (χ3n) is 7.12. The number of imidazole rings is 1. The number of halogens is 2. The van der Waals surface area contributed by atoms with E-state index in [2.05, 4.69) is 10.3 Å². The van der Waals surface area contributed by atoms with Crippen molar-refractivity contribution in [2.45, 2.75) is 53.7 Å². The summed E-state index contributed by atoms with van der Waals surface area (Å²) >= 11 is 0. The second kappa shape index (κ2) is 11.9. The van der Waals surface area contributed by atoms with Gasteiger partial charge in [-0.05, 0) is 61.7 Å². The molecule has 0 fully saturated rings. The van der Waals surface area contributed by atoms with E-state index in [1.807, 2.05) is 50.2 Å². The number of methoxy groups -OCH3 is 1. The van der Waals surface area contributed by atoms with Crippen molar-refractivity contribution in [3.63, 3.8) is 0 Å². The van der Waals surface area contributed by atoms with Gasteiger partial charge in [0, 0.05) is 35.7 Å². The molecular formula is C32H33F2N3O4. The minimum Gasteiger partial charge on any atom is -0.496 e. The summed E-state index contributed by atoms with van der Waals surface area (Å²) < 4.78 is 41.2. The lowest BCUT2D eigenvalue weighted by molar-refractivity contribution is -0.144.